The van der Waals surface area contributed by atoms with E-state index >= 15 is 0 Å². The van der Waals surface area contributed by atoms with Crippen molar-refractivity contribution < 1.29 is 23.9 Å². The van der Waals surface area contributed by atoms with Gasteiger partial charge in [-0.3, -0.25) is 14.4 Å². The second-order valence-electron chi connectivity index (χ2n) is 7.12. The molecule has 2 N–H and O–H groups in total. The van der Waals surface area contributed by atoms with Crippen LogP contribution in [0.4, 0.5) is 10.5 Å². The molecule has 0 aliphatic rings. The summed E-state index contributed by atoms with van der Waals surface area (Å²) in [4.78, 5) is 38.4. The Morgan fingerprint density at radius 1 is 1.03 bits per heavy atom. The number of carbonyl (C=O) groups is 3. The Morgan fingerprint density at radius 3 is 2.29 bits per heavy atom. The van der Waals surface area contributed by atoms with Crippen LogP contribution in [0.3, 0.4) is 0 Å². The molecule has 0 heterocycles. The number of thioether (sulfide) groups is 1. The molecule has 0 fully saturated rings. The van der Waals surface area contributed by atoms with Crippen molar-refractivity contribution in [1.82, 2.24) is 10.2 Å². The van der Waals surface area contributed by atoms with E-state index in [0.717, 1.165) is 16.7 Å². The van der Waals surface area contributed by atoms with Gasteiger partial charge < -0.3 is 25.0 Å². The van der Waals surface area contributed by atoms with E-state index in [0.29, 0.717) is 22.7 Å². The van der Waals surface area contributed by atoms with Crippen molar-refractivity contribution in [2.24, 2.45) is 0 Å². The van der Waals surface area contributed by atoms with Crippen LogP contribution in [0.1, 0.15) is 24.2 Å². The van der Waals surface area contributed by atoms with Crippen LogP contribution >= 0.6 is 11.8 Å². The van der Waals surface area contributed by atoms with Gasteiger partial charge in [0.1, 0.15) is 0 Å². The smallest absolute Gasteiger partial charge is 0.285 e. The average Bonchev–Trinajstić information content (AvgIpc) is 2.72. The van der Waals surface area contributed by atoms with Crippen molar-refractivity contribution in [1.29, 1.82) is 0 Å². The maximum atomic E-state index is 12.6. The molecule has 3 amide bonds. The van der Waals surface area contributed by atoms with E-state index in [-0.39, 0.29) is 29.7 Å². The van der Waals surface area contributed by atoms with Crippen LogP contribution in [0.15, 0.2) is 47.4 Å². The van der Waals surface area contributed by atoms with Gasteiger partial charge >= 0.3 is 0 Å². The minimum atomic E-state index is -0.327. The maximum absolute atomic E-state index is 12.6. The normalized spacial score (nSPS) is 10.4. The quantitative estimate of drug-likeness (QED) is 0.603. The van der Waals surface area contributed by atoms with Crippen molar-refractivity contribution >= 4 is 34.5 Å². The van der Waals surface area contributed by atoms with Gasteiger partial charge in [-0.2, -0.15) is 0 Å². The van der Waals surface area contributed by atoms with Crippen LogP contribution in [-0.2, 0) is 4.79 Å². The molecule has 0 spiro atoms. The van der Waals surface area contributed by atoms with Crippen LogP contribution < -0.4 is 20.1 Å². The monoisotopic (exact) mass is 445 g/mol. The summed E-state index contributed by atoms with van der Waals surface area (Å²) in [6, 6.07) is 11.7. The molecule has 166 valence electrons. The summed E-state index contributed by atoms with van der Waals surface area (Å²) < 4.78 is 10.8. The number of ether oxygens (including phenoxy) is 2. The topological polar surface area (TPSA) is 97.0 Å². The fourth-order valence-electron chi connectivity index (χ4n) is 2.44. The average molecular weight is 446 g/mol. The maximum Gasteiger partial charge on any atom is 0.285 e. The lowest BCUT2D eigenvalue weighted by atomic mass is 10.2. The molecule has 0 aliphatic heterocycles. The van der Waals surface area contributed by atoms with Gasteiger partial charge in [0.05, 0.1) is 7.11 Å². The highest BCUT2D eigenvalue weighted by Gasteiger charge is 2.14. The number of rotatable bonds is 8. The predicted octanol–water partition coefficient (Wildman–Crippen LogP) is 3.62. The fraction of sp³-hybridized carbons (Fsp3) is 0.318. The van der Waals surface area contributed by atoms with Crippen molar-refractivity contribution in [3.05, 3.63) is 48.0 Å². The number of carbonyl (C=O) groups excluding carboxylic acids is 3. The number of nitrogens with one attached hydrogen (secondary N) is 2. The van der Waals surface area contributed by atoms with Gasteiger partial charge in [0.15, 0.2) is 18.1 Å². The van der Waals surface area contributed by atoms with Crippen LogP contribution in [0.5, 0.6) is 11.5 Å². The Hall–Kier alpha value is -3.20. The standard InChI is InChI=1S/C22H27N3O5S/c1-14(2)23-20(26)13-30-18-11-6-15(12-19(18)29-5)21(27)24-16-7-9-17(10-8-16)31-22(28)25(3)4/h6-12,14H,13H2,1-5H3,(H,23,26)(H,24,27). The van der Waals surface area contributed by atoms with Crippen molar-refractivity contribution in [2.45, 2.75) is 24.8 Å². The molecule has 0 saturated heterocycles. The van der Waals surface area contributed by atoms with E-state index in [9.17, 15) is 14.4 Å². The largest absolute Gasteiger partial charge is 0.493 e. The number of methoxy groups -OCH3 is 1. The zero-order valence-corrected chi connectivity index (χ0v) is 19.0. The Labute approximate surface area is 186 Å². The van der Waals surface area contributed by atoms with Crippen LogP contribution in [0.2, 0.25) is 0 Å². The Bertz CT molecular complexity index is 929. The molecule has 0 aliphatic carbocycles. The zero-order chi connectivity index (χ0) is 23.0. The van der Waals surface area contributed by atoms with Crippen LogP contribution in [0, 0.1) is 0 Å². The summed E-state index contributed by atoms with van der Waals surface area (Å²) in [5.74, 6) is 0.142. The van der Waals surface area contributed by atoms with Gasteiger partial charge in [0.25, 0.3) is 17.1 Å². The first kappa shape index (κ1) is 24.1. The van der Waals surface area contributed by atoms with E-state index in [1.165, 1.54) is 12.0 Å². The molecule has 0 saturated carbocycles. The summed E-state index contributed by atoms with van der Waals surface area (Å²) in [6.45, 7) is 3.57. The third-order valence-corrected chi connectivity index (χ3v) is 4.96. The molecule has 0 unspecified atom stereocenters. The number of benzene rings is 2. The number of nitrogens with zero attached hydrogens (tertiary/aromatic N) is 1. The molecular weight excluding hydrogens is 418 g/mol. The van der Waals surface area contributed by atoms with E-state index in [1.807, 2.05) is 13.8 Å². The molecule has 2 rings (SSSR count). The van der Waals surface area contributed by atoms with Crippen LogP contribution in [0.25, 0.3) is 0 Å². The summed E-state index contributed by atoms with van der Waals surface area (Å²) in [6.07, 6.45) is 0. The lowest BCUT2D eigenvalue weighted by Crippen LogP contribution is -2.34. The van der Waals surface area contributed by atoms with E-state index < -0.39 is 0 Å². The second-order valence-corrected chi connectivity index (χ2v) is 8.14. The van der Waals surface area contributed by atoms with Gasteiger partial charge in [-0.1, -0.05) is 0 Å². The van der Waals surface area contributed by atoms with Gasteiger partial charge in [0, 0.05) is 36.3 Å². The number of amides is 3. The predicted molar refractivity (Wildman–Crippen MR) is 121 cm³/mol. The van der Waals surface area contributed by atoms with Gasteiger partial charge in [-0.25, -0.2) is 0 Å². The summed E-state index contributed by atoms with van der Waals surface area (Å²) >= 11 is 1.11. The van der Waals surface area contributed by atoms with E-state index in [1.54, 1.807) is 56.6 Å². The molecule has 2 aromatic carbocycles. The third kappa shape index (κ3) is 7.53. The molecule has 2 aromatic rings. The number of hydrogen-bond donors (Lipinski definition) is 2. The highest BCUT2D eigenvalue weighted by atomic mass is 32.2. The van der Waals surface area contributed by atoms with Gasteiger partial charge in [-0.05, 0) is 68.1 Å². The SMILES string of the molecule is COc1cc(C(=O)Nc2ccc(SC(=O)N(C)C)cc2)ccc1OCC(=O)NC(C)C. The van der Waals surface area contributed by atoms with Gasteiger partial charge in [-0.15, -0.1) is 0 Å². The van der Waals surface area contributed by atoms with Crippen molar-refractivity contribution in [3.8, 4) is 11.5 Å². The van der Waals surface area contributed by atoms with Gasteiger partial charge in [0.2, 0.25) is 0 Å². The molecule has 0 radical (unpaired) electrons. The first-order valence-electron chi connectivity index (χ1n) is 9.60. The first-order valence-corrected chi connectivity index (χ1v) is 10.4. The van der Waals surface area contributed by atoms with E-state index in [4.69, 9.17) is 9.47 Å². The number of hydrogen-bond acceptors (Lipinski definition) is 6. The summed E-state index contributed by atoms with van der Waals surface area (Å²) in [5.41, 5.74) is 0.966. The molecule has 9 heteroatoms. The third-order valence-electron chi connectivity index (χ3n) is 3.92. The molecule has 0 bridgehead atoms. The second kappa shape index (κ2) is 11.3. The molecule has 31 heavy (non-hydrogen) atoms. The van der Waals surface area contributed by atoms with Crippen molar-refractivity contribution in [3.63, 3.8) is 0 Å². The highest BCUT2D eigenvalue weighted by molar-refractivity contribution is 8.13. The zero-order valence-electron chi connectivity index (χ0n) is 18.2. The van der Waals surface area contributed by atoms with E-state index in [2.05, 4.69) is 10.6 Å². The Morgan fingerprint density at radius 2 is 1.71 bits per heavy atom. The molecular formula is C22H27N3O5S. The highest BCUT2D eigenvalue weighted by Crippen LogP contribution is 2.29. The molecule has 0 aromatic heterocycles. The summed E-state index contributed by atoms with van der Waals surface area (Å²) in [7, 11) is 4.84. The van der Waals surface area contributed by atoms with Crippen LogP contribution in [-0.4, -0.2) is 55.8 Å². The van der Waals surface area contributed by atoms with Crippen molar-refractivity contribution in [2.75, 3.05) is 33.1 Å². The Kier molecular flexibility index (Phi) is 8.75. The minimum Gasteiger partial charge on any atom is -0.493 e. The fourth-order valence-corrected chi connectivity index (χ4v) is 3.09. The first-order chi connectivity index (χ1) is 14.7. The Balaban J connectivity index is 2.01. The lowest BCUT2D eigenvalue weighted by Gasteiger charge is -2.13. The number of anilines is 1. The summed E-state index contributed by atoms with van der Waals surface area (Å²) in [5, 5.41) is 5.46. The molecule has 8 nitrogen and oxygen atoms in total. The lowest BCUT2D eigenvalue weighted by molar-refractivity contribution is -0.123. The molecule has 0 atom stereocenters. The minimum absolute atomic E-state index is 0.0187.